The first-order chi connectivity index (χ1) is 31.7. The third kappa shape index (κ3) is 4.86. The van der Waals surface area contributed by atoms with Crippen LogP contribution in [0.15, 0.2) is 233 Å². The fraction of sp³-hybridized carbons (Fsp3) is 0.0164. The molecule has 12 aromatic rings. The zero-order valence-corrected chi connectivity index (χ0v) is 34.6. The van der Waals surface area contributed by atoms with Crippen LogP contribution in [0.2, 0.25) is 0 Å². The molecule has 2 heterocycles. The monoisotopic (exact) mass is 815 g/mol. The van der Waals surface area contributed by atoms with Gasteiger partial charge in [-0.05, 0) is 127 Å². The molecule has 0 saturated heterocycles. The van der Waals surface area contributed by atoms with Crippen LogP contribution in [0.25, 0.3) is 88.4 Å². The molecule has 2 aliphatic carbocycles. The fourth-order valence-corrected chi connectivity index (χ4v) is 11.2. The lowest BCUT2D eigenvalue weighted by molar-refractivity contribution is 0.668. The van der Waals surface area contributed by atoms with Crippen molar-refractivity contribution in [3.63, 3.8) is 0 Å². The van der Waals surface area contributed by atoms with Gasteiger partial charge in [-0.2, -0.15) is 0 Å². The third-order valence-corrected chi connectivity index (χ3v) is 13.9. The highest BCUT2D eigenvalue weighted by atomic mass is 16.3. The lowest BCUT2D eigenvalue weighted by Gasteiger charge is -2.36. The number of benzene rings is 10. The number of fused-ring (bicyclic) bond motifs is 18. The quantitative estimate of drug-likeness (QED) is 0.177. The molecule has 0 bridgehead atoms. The Balaban J connectivity index is 1.06. The van der Waals surface area contributed by atoms with Gasteiger partial charge in [-0.15, -0.1) is 0 Å². The van der Waals surface area contributed by atoms with Gasteiger partial charge in [-0.25, -0.2) is 0 Å². The van der Waals surface area contributed by atoms with E-state index < -0.39 is 5.41 Å². The maximum atomic E-state index is 6.57. The van der Waals surface area contributed by atoms with E-state index in [0.717, 1.165) is 60.9 Å². The number of hydrogen-bond donors (Lipinski definition) is 0. The standard InChI is InChI=1S/C61H37NO2/c1-2-14-38(15-3-1)39-26-28-40(29-27-39)62(42-30-32-49-47-20-8-12-24-57(47)63-59(49)35-42)41-31-33-55-50(34-41)44-17-5-4-16-43(44)45-18-6-10-22-53(45)61(55)54-23-11-7-19-46(54)51-37-60-52(36-56(51)61)48-21-9-13-25-58(48)64-60/h1-37H. The van der Waals surface area contributed by atoms with E-state index in [2.05, 4.69) is 217 Å². The number of anilines is 3. The number of nitrogens with zero attached hydrogens (tertiary/aromatic N) is 1. The highest BCUT2D eigenvalue weighted by Crippen LogP contribution is 2.62. The minimum absolute atomic E-state index is 0.642. The van der Waals surface area contributed by atoms with E-state index in [9.17, 15) is 0 Å². The smallest absolute Gasteiger partial charge is 0.137 e. The zero-order chi connectivity index (χ0) is 41.9. The van der Waals surface area contributed by atoms with Gasteiger partial charge in [-0.1, -0.05) is 158 Å². The number of furan rings is 2. The summed E-state index contributed by atoms with van der Waals surface area (Å²) in [5.74, 6) is 0. The Bertz CT molecular complexity index is 3860. The molecule has 1 unspecified atom stereocenters. The van der Waals surface area contributed by atoms with Crippen molar-refractivity contribution >= 4 is 60.9 Å². The Kier molecular flexibility index (Phi) is 7.32. The number of hydrogen-bond acceptors (Lipinski definition) is 3. The second-order valence-corrected chi connectivity index (χ2v) is 17.1. The van der Waals surface area contributed by atoms with E-state index in [1.54, 1.807) is 0 Å². The summed E-state index contributed by atoms with van der Waals surface area (Å²) in [4.78, 5) is 2.38. The minimum Gasteiger partial charge on any atom is -0.456 e. The van der Waals surface area contributed by atoms with Crippen molar-refractivity contribution in [3.05, 3.63) is 247 Å². The first kappa shape index (κ1) is 35.2. The van der Waals surface area contributed by atoms with E-state index in [0.29, 0.717) is 0 Å². The van der Waals surface area contributed by atoms with Gasteiger partial charge in [0.05, 0.1) is 5.41 Å². The largest absolute Gasteiger partial charge is 0.456 e. The Morgan fingerprint density at radius 1 is 0.266 bits per heavy atom. The fourth-order valence-electron chi connectivity index (χ4n) is 11.2. The lowest BCUT2D eigenvalue weighted by Crippen LogP contribution is -2.29. The van der Waals surface area contributed by atoms with Crippen molar-refractivity contribution in [1.82, 2.24) is 0 Å². The predicted octanol–water partition coefficient (Wildman–Crippen LogP) is 16.6. The molecule has 2 aromatic heterocycles. The Morgan fingerprint density at radius 3 is 1.45 bits per heavy atom. The van der Waals surface area contributed by atoms with Gasteiger partial charge in [0.2, 0.25) is 0 Å². The highest BCUT2D eigenvalue weighted by molar-refractivity contribution is 6.09. The van der Waals surface area contributed by atoms with E-state index in [1.807, 2.05) is 12.1 Å². The van der Waals surface area contributed by atoms with Gasteiger partial charge >= 0.3 is 0 Å². The van der Waals surface area contributed by atoms with Crippen LogP contribution in [0.1, 0.15) is 22.3 Å². The Hall–Kier alpha value is -8.40. The molecule has 14 rings (SSSR count). The summed E-state index contributed by atoms with van der Waals surface area (Å²) in [6, 6.07) is 81.9. The molecular weight excluding hydrogens is 779 g/mol. The van der Waals surface area contributed by atoms with Crippen LogP contribution in [0.3, 0.4) is 0 Å². The minimum atomic E-state index is -0.642. The summed E-state index contributed by atoms with van der Waals surface area (Å²) in [6.45, 7) is 0. The van der Waals surface area contributed by atoms with Crippen LogP contribution < -0.4 is 4.90 Å². The van der Waals surface area contributed by atoms with Crippen molar-refractivity contribution < 1.29 is 8.83 Å². The second-order valence-electron chi connectivity index (χ2n) is 17.1. The molecule has 0 fully saturated rings. The van der Waals surface area contributed by atoms with Crippen LogP contribution >= 0.6 is 0 Å². The predicted molar refractivity (Wildman–Crippen MR) is 263 cm³/mol. The summed E-state index contributed by atoms with van der Waals surface area (Å²) in [5, 5.41) is 4.48. The molecule has 1 spiro atoms. The normalized spacial score (nSPS) is 14.6. The van der Waals surface area contributed by atoms with Crippen molar-refractivity contribution in [1.29, 1.82) is 0 Å². The molecule has 64 heavy (non-hydrogen) atoms. The SMILES string of the molecule is c1ccc(-c2ccc(N(c3ccc4c(c3)-c3ccccc3-c3ccccc3C43c4ccccc4-c4cc5oc6ccccc6c5cc43)c3ccc4c(c3)oc3ccccc34)cc2)cc1. The lowest BCUT2D eigenvalue weighted by atomic mass is 9.65. The van der Waals surface area contributed by atoms with Gasteiger partial charge in [0.15, 0.2) is 0 Å². The van der Waals surface area contributed by atoms with Gasteiger partial charge in [-0.3, -0.25) is 0 Å². The maximum absolute atomic E-state index is 6.57. The second kappa shape index (κ2) is 13.3. The summed E-state index contributed by atoms with van der Waals surface area (Å²) < 4.78 is 13.1. The van der Waals surface area contributed by atoms with Crippen LogP contribution in [0.5, 0.6) is 0 Å². The first-order valence-corrected chi connectivity index (χ1v) is 22.0. The molecule has 3 nitrogen and oxygen atoms in total. The van der Waals surface area contributed by atoms with Gasteiger partial charge in [0, 0.05) is 44.7 Å². The molecule has 298 valence electrons. The molecule has 0 radical (unpaired) electrons. The Labute approximate surface area is 369 Å². The van der Waals surface area contributed by atoms with Crippen molar-refractivity contribution in [3.8, 4) is 44.5 Å². The molecule has 3 heteroatoms. The van der Waals surface area contributed by atoms with Gasteiger partial charge in [0.25, 0.3) is 0 Å². The molecular formula is C61H37NO2. The molecule has 0 aliphatic heterocycles. The summed E-state index contributed by atoms with van der Waals surface area (Å²) in [6.07, 6.45) is 0. The maximum Gasteiger partial charge on any atom is 0.137 e. The van der Waals surface area contributed by atoms with Crippen LogP contribution in [0, 0.1) is 0 Å². The Morgan fingerprint density at radius 2 is 0.734 bits per heavy atom. The zero-order valence-electron chi connectivity index (χ0n) is 34.6. The highest BCUT2D eigenvalue weighted by Gasteiger charge is 2.50. The van der Waals surface area contributed by atoms with E-state index in [1.165, 1.54) is 66.8 Å². The van der Waals surface area contributed by atoms with Crippen LogP contribution in [-0.4, -0.2) is 0 Å². The van der Waals surface area contributed by atoms with Gasteiger partial charge < -0.3 is 13.7 Å². The number of rotatable bonds is 4. The topological polar surface area (TPSA) is 29.5 Å². The third-order valence-electron chi connectivity index (χ3n) is 13.9. The molecule has 1 atom stereocenters. The summed E-state index contributed by atoms with van der Waals surface area (Å²) in [7, 11) is 0. The number of para-hydroxylation sites is 2. The van der Waals surface area contributed by atoms with Crippen LogP contribution in [0.4, 0.5) is 17.1 Å². The molecule has 2 aliphatic rings. The summed E-state index contributed by atoms with van der Waals surface area (Å²) >= 11 is 0. The first-order valence-electron chi connectivity index (χ1n) is 22.0. The van der Waals surface area contributed by atoms with E-state index in [-0.39, 0.29) is 0 Å². The molecule has 0 saturated carbocycles. The van der Waals surface area contributed by atoms with Crippen LogP contribution in [-0.2, 0) is 5.41 Å². The molecule has 0 amide bonds. The van der Waals surface area contributed by atoms with Crippen molar-refractivity contribution in [2.45, 2.75) is 5.41 Å². The average molecular weight is 816 g/mol. The molecule has 10 aromatic carbocycles. The van der Waals surface area contributed by atoms with Gasteiger partial charge in [0.1, 0.15) is 22.3 Å². The van der Waals surface area contributed by atoms with Crippen molar-refractivity contribution in [2.75, 3.05) is 4.90 Å². The average Bonchev–Trinajstić information content (AvgIpc) is 3.99. The van der Waals surface area contributed by atoms with E-state index in [4.69, 9.17) is 8.83 Å². The van der Waals surface area contributed by atoms with Crippen molar-refractivity contribution in [2.24, 2.45) is 0 Å². The summed E-state index contributed by atoms with van der Waals surface area (Å²) in [5.41, 5.74) is 20.8. The molecule has 0 N–H and O–H groups in total. The van der Waals surface area contributed by atoms with E-state index >= 15 is 0 Å².